The topological polar surface area (TPSA) is 61.4 Å². The lowest BCUT2D eigenvalue weighted by Gasteiger charge is -2.23. The van der Waals surface area contributed by atoms with Gasteiger partial charge < -0.3 is 10.6 Å². The molecule has 0 spiro atoms. The van der Waals surface area contributed by atoms with Crippen molar-refractivity contribution >= 4 is 34.8 Å². The van der Waals surface area contributed by atoms with E-state index in [1.807, 2.05) is 31.2 Å². The number of amides is 2. The number of aryl methyl sites for hydroxylation is 1. The molecule has 0 aliphatic rings. The van der Waals surface area contributed by atoms with Crippen LogP contribution in [-0.2, 0) is 9.59 Å². The molecule has 0 saturated carbocycles. The molecule has 0 aliphatic heterocycles. The van der Waals surface area contributed by atoms with Crippen LogP contribution in [0.5, 0.6) is 0 Å². The van der Waals surface area contributed by atoms with Gasteiger partial charge in [-0.25, -0.2) is 4.39 Å². The van der Waals surface area contributed by atoms with Crippen molar-refractivity contribution < 1.29 is 14.0 Å². The SMILES string of the molecule is Cc1ccc(NC(=O)CN(C)[C@@H](C)C(=O)Nc2ccc(F)cc2Cl)cc1. The van der Waals surface area contributed by atoms with Gasteiger partial charge in [0.25, 0.3) is 0 Å². The lowest BCUT2D eigenvalue weighted by atomic mass is 10.2. The molecule has 2 rings (SSSR count). The molecular weight excluding hydrogens is 357 g/mol. The fraction of sp³-hybridized carbons (Fsp3) is 0.263. The van der Waals surface area contributed by atoms with Gasteiger partial charge in [-0.3, -0.25) is 14.5 Å². The quantitative estimate of drug-likeness (QED) is 0.807. The summed E-state index contributed by atoms with van der Waals surface area (Å²) in [5.41, 5.74) is 2.12. The van der Waals surface area contributed by atoms with E-state index in [1.54, 1.807) is 18.9 Å². The van der Waals surface area contributed by atoms with Crippen molar-refractivity contribution in [1.82, 2.24) is 4.90 Å². The summed E-state index contributed by atoms with van der Waals surface area (Å²) in [6, 6.07) is 10.6. The molecule has 2 aromatic carbocycles. The number of likely N-dealkylation sites (N-methyl/N-ethyl adjacent to an activating group) is 1. The standard InChI is InChI=1S/C19H21ClFN3O2/c1-12-4-7-15(8-5-12)22-18(25)11-24(3)13(2)19(26)23-17-9-6-14(21)10-16(17)20/h4-10,13H,11H2,1-3H3,(H,22,25)(H,23,26)/t13-/m0/s1. The number of nitrogens with one attached hydrogen (secondary N) is 2. The van der Waals surface area contributed by atoms with Crippen molar-refractivity contribution in [2.24, 2.45) is 0 Å². The Kier molecular flexibility index (Phi) is 6.71. The molecule has 26 heavy (non-hydrogen) atoms. The zero-order valence-corrected chi connectivity index (χ0v) is 15.6. The summed E-state index contributed by atoms with van der Waals surface area (Å²) < 4.78 is 13.1. The average molecular weight is 378 g/mol. The van der Waals surface area contributed by atoms with Crippen LogP contribution in [-0.4, -0.2) is 36.3 Å². The number of halogens is 2. The summed E-state index contributed by atoms with van der Waals surface area (Å²) in [7, 11) is 1.67. The van der Waals surface area contributed by atoms with Crippen LogP contribution < -0.4 is 10.6 Å². The third-order valence-corrected chi connectivity index (χ3v) is 4.27. The summed E-state index contributed by atoms with van der Waals surface area (Å²) in [6.45, 7) is 3.68. The minimum atomic E-state index is -0.583. The molecule has 0 unspecified atom stereocenters. The van der Waals surface area contributed by atoms with Crippen molar-refractivity contribution in [1.29, 1.82) is 0 Å². The number of benzene rings is 2. The highest BCUT2D eigenvalue weighted by molar-refractivity contribution is 6.33. The molecule has 0 aromatic heterocycles. The van der Waals surface area contributed by atoms with Gasteiger partial charge in [-0.1, -0.05) is 29.3 Å². The van der Waals surface area contributed by atoms with E-state index in [1.165, 1.54) is 12.1 Å². The highest BCUT2D eigenvalue weighted by Crippen LogP contribution is 2.22. The van der Waals surface area contributed by atoms with E-state index in [2.05, 4.69) is 10.6 Å². The van der Waals surface area contributed by atoms with Gasteiger partial charge in [-0.05, 0) is 51.2 Å². The summed E-state index contributed by atoms with van der Waals surface area (Å²) >= 11 is 5.91. The minimum absolute atomic E-state index is 0.0413. The third kappa shape index (κ3) is 5.54. The predicted octanol–water partition coefficient (Wildman–Crippen LogP) is 3.69. The van der Waals surface area contributed by atoms with Crippen molar-refractivity contribution in [3.05, 3.63) is 58.9 Å². The van der Waals surface area contributed by atoms with E-state index in [-0.39, 0.29) is 23.4 Å². The molecular formula is C19H21ClFN3O2. The molecule has 0 fully saturated rings. The fourth-order valence-corrected chi connectivity index (χ4v) is 2.44. The first-order chi connectivity index (χ1) is 12.3. The molecule has 0 bridgehead atoms. The van der Waals surface area contributed by atoms with E-state index in [0.717, 1.165) is 11.6 Å². The van der Waals surface area contributed by atoms with E-state index in [0.29, 0.717) is 11.4 Å². The van der Waals surface area contributed by atoms with Gasteiger partial charge in [-0.2, -0.15) is 0 Å². The molecule has 0 radical (unpaired) electrons. The van der Waals surface area contributed by atoms with Crippen LogP contribution in [0, 0.1) is 12.7 Å². The van der Waals surface area contributed by atoms with Crippen LogP contribution in [0.25, 0.3) is 0 Å². The van der Waals surface area contributed by atoms with Crippen molar-refractivity contribution in [2.45, 2.75) is 19.9 Å². The number of hydrogen-bond donors (Lipinski definition) is 2. The number of rotatable bonds is 6. The number of nitrogens with zero attached hydrogens (tertiary/aromatic N) is 1. The zero-order valence-electron chi connectivity index (χ0n) is 14.8. The Morgan fingerprint density at radius 2 is 1.81 bits per heavy atom. The second kappa shape index (κ2) is 8.78. The van der Waals surface area contributed by atoms with E-state index >= 15 is 0 Å². The van der Waals surface area contributed by atoms with Crippen LogP contribution in [0.4, 0.5) is 15.8 Å². The number of hydrogen-bond acceptors (Lipinski definition) is 3. The van der Waals surface area contributed by atoms with Crippen LogP contribution in [0.1, 0.15) is 12.5 Å². The Morgan fingerprint density at radius 1 is 1.15 bits per heavy atom. The van der Waals surface area contributed by atoms with Gasteiger partial charge in [0.05, 0.1) is 23.3 Å². The smallest absolute Gasteiger partial charge is 0.241 e. The van der Waals surface area contributed by atoms with Crippen molar-refractivity contribution in [3.8, 4) is 0 Å². The highest BCUT2D eigenvalue weighted by Gasteiger charge is 2.21. The van der Waals surface area contributed by atoms with Gasteiger partial charge in [0.2, 0.25) is 11.8 Å². The van der Waals surface area contributed by atoms with Crippen LogP contribution in [0.3, 0.4) is 0 Å². The van der Waals surface area contributed by atoms with E-state index < -0.39 is 11.9 Å². The van der Waals surface area contributed by atoms with Crippen molar-refractivity contribution in [2.75, 3.05) is 24.2 Å². The Balaban J connectivity index is 1.90. The summed E-state index contributed by atoms with van der Waals surface area (Å²) in [6.07, 6.45) is 0. The van der Waals surface area contributed by atoms with Gasteiger partial charge in [-0.15, -0.1) is 0 Å². The van der Waals surface area contributed by atoms with Crippen LogP contribution in [0.15, 0.2) is 42.5 Å². The lowest BCUT2D eigenvalue weighted by molar-refractivity contribution is -0.122. The second-order valence-electron chi connectivity index (χ2n) is 6.12. The normalized spacial score (nSPS) is 11.9. The fourth-order valence-electron chi connectivity index (χ4n) is 2.23. The molecule has 2 amide bonds. The molecule has 7 heteroatoms. The zero-order chi connectivity index (χ0) is 19.3. The average Bonchev–Trinajstić information content (AvgIpc) is 2.58. The number of anilines is 2. The Bertz CT molecular complexity index is 796. The maximum absolute atomic E-state index is 13.1. The first-order valence-electron chi connectivity index (χ1n) is 8.09. The molecule has 0 heterocycles. The molecule has 5 nitrogen and oxygen atoms in total. The monoisotopic (exact) mass is 377 g/mol. The van der Waals surface area contributed by atoms with E-state index in [9.17, 15) is 14.0 Å². The maximum Gasteiger partial charge on any atom is 0.241 e. The van der Waals surface area contributed by atoms with Crippen molar-refractivity contribution in [3.63, 3.8) is 0 Å². The van der Waals surface area contributed by atoms with Crippen LogP contribution in [0.2, 0.25) is 5.02 Å². The van der Waals surface area contributed by atoms with Gasteiger partial charge >= 0.3 is 0 Å². The highest BCUT2D eigenvalue weighted by atomic mass is 35.5. The van der Waals surface area contributed by atoms with E-state index in [4.69, 9.17) is 11.6 Å². The second-order valence-corrected chi connectivity index (χ2v) is 6.53. The molecule has 2 N–H and O–H groups in total. The molecule has 1 atom stereocenters. The van der Waals surface area contributed by atoms with Crippen LogP contribution >= 0.6 is 11.6 Å². The molecule has 0 aliphatic carbocycles. The predicted molar refractivity (Wildman–Crippen MR) is 102 cm³/mol. The Morgan fingerprint density at radius 3 is 2.42 bits per heavy atom. The molecule has 0 saturated heterocycles. The first-order valence-corrected chi connectivity index (χ1v) is 8.46. The largest absolute Gasteiger partial charge is 0.325 e. The molecule has 2 aromatic rings. The van der Waals surface area contributed by atoms with Gasteiger partial charge in [0, 0.05) is 5.69 Å². The van der Waals surface area contributed by atoms with Gasteiger partial charge in [0.15, 0.2) is 0 Å². The van der Waals surface area contributed by atoms with Gasteiger partial charge in [0.1, 0.15) is 5.82 Å². The summed E-state index contributed by atoms with van der Waals surface area (Å²) in [5.74, 6) is -1.05. The number of carbonyl (C=O) groups is 2. The third-order valence-electron chi connectivity index (χ3n) is 3.96. The Hall–Kier alpha value is -2.44. The summed E-state index contributed by atoms with van der Waals surface area (Å²) in [5, 5.41) is 5.54. The molecule has 138 valence electrons. The summed E-state index contributed by atoms with van der Waals surface area (Å²) in [4.78, 5) is 26.1. The maximum atomic E-state index is 13.1. The minimum Gasteiger partial charge on any atom is -0.325 e. The lowest BCUT2D eigenvalue weighted by Crippen LogP contribution is -2.43. The Labute approximate surface area is 157 Å². The number of carbonyl (C=O) groups excluding carboxylic acids is 2. The first kappa shape index (κ1) is 19.9.